The number of hydrogen-bond donors (Lipinski definition) is 1. The van der Waals surface area contributed by atoms with E-state index in [0.29, 0.717) is 0 Å². The average Bonchev–Trinajstić information content (AvgIpc) is 1.64. The Labute approximate surface area is 56.6 Å². The van der Waals surface area contributed by atoms with E-state index in [1.807, 2.05) is 5.92 Å². The largest absolute Gasteiger partial charge is 0.384 e. The van der Waals surface area contributed by atoms with E-state index >= 15 is 0 Å². The van der Waals surface area contributed by atoms with Gasteiger partial charge in [-0.2, -0.15) is 8.78 Å². The Morgan fingerprint density at radius 1 is 1.78 bits per heavy atom. The van der Waals surface area contributed by atoms with E-state index < -0.39 is 17.9 Å². The molecule has 1 atom stereocenters. The standard InChI is InChI=1S/C5H5ClF2O/c1-2-3-4(9)5(6,7)8/h1,4,9H,3H2. The highest BCUT2D eigenvalue weighted by Crippen LogP contribution is 2.24. The Kier molecular flexibility index (Phi) is 2.89. The van der Waals surface area contributed by atoms with Gasteiger partial charge in [0.1, 0.15) is 6.10 Å². The van der Waals surface area contributed by atoms with E-state index in [2.05, 4.69) is 18.0 Å². The molecule has 0 aromatic heterocycles. The molecule has 0 saturated carbocycles. The van der Waals surface area contributed by atoms with Gasteiger partial charge in [0.25, 0.3) is 0 Å². The van der Waals surface area contributed by atoms with Gasteiger partial charge in [-0.05, 0) is 11.6 Å². The molecule has 52 valence electrons. The van der Waals surface area contributed by atoms with Gasteiger partial charge < -0.3 is 5.11 Å². The molecule has 0 heterocycles. The van der Waals surface area contributed by atoms with Gasteiger partial charge in [-0.15, -0.1) is 12.3 Å². The topological polar surface area (TPSA) is 20.2 Å². The van der Waals surface area contributed by atoms with Crippen LogP contribution in [-0.2, 0) is 0 Å². The molecule has 0 spiro atoms. The lowest BCUT2D eigenvalue weighted by atomic mass is 10.3. The van der Waals surface area contributed by atoms with Crippen molar-refractivity contribution in [2.45, 2.75) is 17.9 Å². The van der Waals surface area contributed by atoms with Crippen molar-refractivity contribution in [2.75, 3.05) is 0 Å². The monoisotopic (exact) mass is 154 g/mol. The van der Waals surface area contributed by atoms with Crippen LogP contribution in [0.1, 0.15) is 6.42 Å². The predicted molar refractivity (Wildman–Crippen MR) is 30.3 cm³/mol. The molecule has 0 radical (unpaired) electrons. The van der Waals surface area contributed by atoms with E-state index in [-0.39, 0.29) is 0 Å². The summed E-state index contributed by atoms with van der Waals surface area (Å²) < 4.78 is 23.4. The zero-order valence-electron chi connectivity index (χ0n) is 4.44. The summed E-state index contributed by atoms with van der Waals surface area (Å²) in [4.78, 5) is 0. The van der Waals surface area contributed by atoms with Crippen molar-refractivity contribution in [3.05, 3.63) is 0 Å². The van der Waals surface area contributed by atoms with Crippen molar-refractivity contribution in [1.29, 1.82) is 0 Å². The minimum Gasteiger partial charge on any atom is -0.384 e. The maximum absolute atomic E-state index is 11.7. The summed E-state index contributed by atoms with van der Waals surface area (Å²) in [7, 11) is 0. The highest BCUT2D eigenvalue weighted by atomic mass is 35.5. The second-order valence-electron chi connectivity index (χ2n) is 1.47. The molecule has 0 saturated heterocycles. The molecule has 1 unspecified atom stereocenters. The molecule has 0 aliphatic heterocycles. The summed E-state index contributed by atoms with van der Waals surface area (Å²) in [5.41, 5.74) is 0. The van der Waals surface area contributed by atoms with E-state index in [9.17, 15) is 8.78 Å². The number of rotatable bonds is 2. The molecule has 0 aromatic rings. The third kappa shape index (κ3) is 3.28. The van der Waals surface area contributed by atoms with Gasteiger partial charge in [0.15, 0.2) is 0 Å². The number of aliphatic hydroxyl groups excluding tert-OH is 1. The van der Waals surface area contributed by atoms with Crippen molar-refractivity contribution >= 4 is 11.6 Å². The first-order valence-electron chi connectivity index (χ1n) is 2.16. The second-order valence-corrected chi connectivity index (χ2v) is 1.97. The third-order valence-electron chi connectivity index (χ3n) is 0.689. The molecule has 4 heteroatoms. The van der Waals surface area contributed by atoms with Gasteiger partial charge in [-0.3, -0.25) is 0 Å². The minimum atomic E-state index is -3.60. The van der Waals surface area contributed by atoms with E-state index in [1.165, 1.54) is 0 Å². The number of hydrogen-bond acceptors (Lipinski definition) is 1. The van der Waals surface area contributed by atoms with Crippen LogP contribution >= 0.6 is 11.6 Å². The van der Waals surface area contributed by atoms with Crippen LogP contribution in [0.3, 0.4) is 0 Å². The second kappa shape index (κ2) is 3.00. The first kappa shape index (κ1) is 8.67. The number of aliphatic hydroxyl groups is 1. The quantitative estimate of drug-likeness (QED) is 0.468. The van der Waals surface area contributed by atoms with Crippen LogP contribution in [0.5, 0.6) is 0 Å². The summed E-state index contributed by atoms with van der Waals surface area (Å²) in [6.07, 6.45) is 2.25. The van der Waals surface area contributed by atoms with E-state index in [4.69, 9.17) is 5.11 Å². The molecule has 1 nitrogen and oxygen atoms in total. The van der Waals surface area contributed by atoms with Crippen molar-refractivity contribution in [1.82, 2.24) is 0 Å². The van der Waals surface area contributed by atoms with Crippen molar-refractivity contribution in [3.63, 3.8) is 0 Å². The highest BCUT2D eigenvalue weighted by Gasteiger charge is 2.34. The van der Waals surface area contributed by atoms with Crippen LogP contribution in [0.15, 0.2) is 0 Å². The van der Waals surface area contributed by atoms with Crippen LogP contribution in [0.2, 0.25) is 0 Å². The molecule has 0 amide bonds. The SMILES string of the molecule is C#CCC(O)C(F)(F)Cl. The summed E-state index contributed by atoms with van der Waals surface area (Å²) in [6.45, 7) is 0. The number of alkyl halides is 3. The Bertz CT molecular complexity index is 124. The summed E-state index contributed by atoms with van der Waals surface area (Å²) in [5, 5.41) is 4.76. The van der Waals surface area contributed by atoms with E-state index in [1.54, 1.807) is 0 Å². The normalized spacial score (nSPS) is 14.6. The van der Waals surface area contributed by atoms with Gasteiger partial charge in [0.2, 0.25) is 0 Å². The van der Waals surface area contributed by atoms with Gasteiger partial charge in [0.05, 0.1) is 0 Å². The summed E-state index contributed by atoms with van der Waals surface area (Å²) >= 11 is 4.38. The lowest BCUT2D eigenvalue weighted by Crippen LogP contribution is -2.26. The molecule has 0 aliphatic carbocycles. The summed E-state index contributed by atoms with van der Waals surface area (Å²) in [6, 6.07) is 0. The van der Waals surface area contributed by atoms with Gasteiger partial charge >= 0.3 is 5.38 Å². The summed E-state index contributed by atoms with van der Waals surface area (Å²) in [5.74, 6) is 1.86. The maximum Gasteiger partial charge on any atom is 0.348 e. The number of terminal acetylenes is 1. The van der Waals surface area contributed by atoms with Crippen LogP contribution in [0.4, 0.5) is 8.78 Å². The molecule has 0 bridgehead atoms. The molecule has 0 fully saturated rings. The zero-order chi connectivity index (χ0) is 7.49. The highest BCUT2D eigenvalue weighted by molar-refractivity contribution is 6.22. The fourth-order valence-corrected chi connectivity index (χ4v) is 0.305. The van der Waals surface area contributed by atoms with Crippen LogP contribution < -0.4 is 0 Å². The minimum absolute atomic E-state index is 0.434. The van der Waals surface area contributed by atoms with Crippen molar-refractivity contribution in [3.8, 4) is 12.3 Å². The Balaban J connectivity index is 3.76. The molecular formula is C5H5ClF2O. The molecule has 9 heavy (non-hydrogen) atoms. The molecule has 0 rings (SSSR count). The zero-order valence-corrected chi connectivity index (χ0v) is 5.20. The molecular weight excluding hydrogens is 150 g/mol. The van der Waals surface area contributed by atoms with Gasteiger partial charge in [0, 0.05) is 6.42 Å². The van der Waals surface area contributed by atoms with Crippen LogP contribution in [0.25, 0.3) is 0 Å². The Hall–Kier alpha value is -0.330. The predicted octanol–water partition coefficient (Wildman–Crippen LogP) is 1.20. The van der Waals surface area contributed by atoms with Gasteiger partial charge in [-0.25, -0.2) is 0 Å². The lowest BCUT2D eigenvalue weighted by Gasteiger charge is -2.11. The smallest absolute Gasteiger partial charge is 0.348 e. The van der Waals surface area contributed by atoms with Crippen LogP contribution in [0, 0.1) is 12.3 Å². The first-order valence-corrected chi connectivity index (χ1v) is 2.54. The Morgan fingerprint density at radius 3 is 2.33 bits per heavy atom. The fraction of sp³-hybridized carbons (Fsp3) is 0.600. The maximum atomic E-state index is 11.7. The van der Waals surface area contributed by atoms with Gasteiger partial charge in [-0.1, -0.05) is 0 Å². The lowest BCUT2D eigenvalue weighted by molar-refractivity contribution is -0.0373. The molecule has 1 N–H and O–H groups in total. The molecule has 0 aromatic carbocycles. The van der Waals surface area contributed by atoms with E-state index in [0.717, 1.165) is 0 Å². The first-order chi connectivity index (χ1) is 3.98. The third-order valence-corrected chi connectivity index (χ3v) is 0.941. The van der Waals surface area contributed by atoms with Crippen molar-refractivity contribution < 1.29 is 13.9 Å². The number of halogens is 3. The Morgan fingerprint density at radius 2 is 2.22 bits per heavy atom. The van der Waals surface area contributed by atoms with Crippen LogP contribution in [-0.4, -0.2) is 16.6 Å². The average molecular weight is 155 g/mol. The molecule has 0 aliphatic rings. The fourth-order valence-electron chi connectivity index (χ4n) is 0.227. The van der Waals surface area contributed by atoms with Crippen molar-refractivity contribution in [2.24, 2.45) is 0 Å².